The first kappa shape index (κ1) is 28.2. The van der Waals surface area contributed by atoms with Crippen molar-refractivity contribution in [1.82, 2.24) is 0 Å². The lowest BCUT2D eigenvalue weighted by Crippen LogP contribution is -2.60. The first-order chi connectivity index (χ1) is 16.9. The molecule has 0 N–H and O–H groups in total. The Kier molecular flexibility index (Phi) is 6.57. The van der Waals surface area contributed by atoms with Crippen LogP contribution in [0.25, 0.3) is 0 Å². The molecule has 4 rings (SSSR count). The summed E-state index contributed by atoms with van der Waals surface area (Å²) in [6, 6.07) is 0. The summed E-state index contributed by atoms with van der Waals surface area (Å²) in [4.78, 5) is 39.9. The number of methoxy groups -OCH3 is 1. The minimum Gasteiger partial charge on any atom is -0.469 e. The summed E-state index contributed by atoms with van der Waals surface area (Å²) in [5, 5.41) is 0. The summed E-state index contributed by atoms with van der Waals surface area (Å²) in [5.41, 5.74) is -1.94. The molecule has 206 valence electrons. The van der Waals surface area contributed by atoms with Crippen LogP contribution < -0.4 is 0 Å². The molecule has 2 fully saturated rings. The number of Topliss-reactive ketones (excluding diaryl/α,β-unsaturated/α-hetero) is 1. The molecule has 4 aliphatic carbocycles. The van der Waals surface area contributed by atoms with Crippen molar-refractivity contribution in [2.45, 2.75) is 107 Å². The second-order valence-electron chi connectivity index (χ2n) is 14.9. The predicted molar refractivity (Wildman–Crippen MR) is 143 cm³/mol. The number of ketones is 2. The molecule has 0 spiro atoms. The van der Waals surface area contributed by atoms with Crippen LogP contribution in [0, 0.1) is 44.3 Å². The van der Waals surface area contributed by atoms with Crippen molar-refractivity contribution in [3.63, 3.8) is 0 Å². The fourth-order valence-corrected chi connectivity index (χ4v) is 8.88. The van der Waals surface area contributed by atoms with Gasteiger partial charge in [-0.2, -0.15) is 0 Å². The number of halogens is 1. The molecule has 6 atom stereocenters. The zero-order valence-corrected chi connectivity index (χ0v) is 24.5. The summed E-state index contributed by atoms with van der Waals surface area (Å²) in [5.74, 6) is -1.40. The Balaban J connectivity index is 1.88. The Morgan fingerprint density at radius 3 is 2.14 bits per heavy atom. The Morgan fingerprint density at radius 2 is 1.51 bits per heavy atom. The monoisotopic (exact) mass is 514 g/mol. The SMILES string of the molecule is COC(=O)[C@@]1(C)CCC(C)(C)CCC2C(=O)C=C3[C@@]4(C)C=C(F)C(=O)C(C)(C)[C@@H]4CC[C@@]3(C)[C@]2(C)CC1. The van der Waals surface area contributed by atoms with Gasteiger partial charge in [0.25, 0.3) is 0 Å². The van der Waals surface area contributed by atoms with Gasteiger partial charge in [-0.3, -0.25) is 14.4 Å². The number of hydrogen-bond acceptors (Lipinski definition) is 4. The van der Waals surface area contributed by atoms with E-state index in [0.717, 1.165) is 50.5 Å². The highest BCUT2D eigenvalue weighted by atomic mass is 19.1. The third-order valence-corrected chi connectivity index (χ3v) is 11.9. The molecule has 0 bridgehead atoms. The molecule has 0 aromatic rings. The van der Waals surface area contributed by atoms with Crippen LogP contribution in [0.5, 0.6) is 0 Å². The van der Waals surface area contributed by atoms with Crippen LogP contribution in [0.4, 0.5) is 4.39 Å². The van der Waals surface area contributed by atoms with Gasteiger partial charge in [0.2, 0.25) is 0 Å². The van der Waals surface area contributed by atoms with Gasteiger partial charge in [0.1, 0.15) is 0 Å². The van der Waals surface area contributed by atoms with Gasteiger partial charge in [-0.15, -0.1) is 0 Å². The van der Waals surface area contributed by atoms with Gasteiger partial charge in [0.05, 0.1) is 12.5 Å². The lowest BCUT2D eigenvalue weighted by molar-refractivity contribution is -0.155. The van der Waals surface area contributed by atoms with Gasteiger partial charge in [0.15, 0.2) is 17.4 Å². The number of ether oxygens (including phenoxy) is 1. The number of hydrogen-bond donors (Lipinski definition) is 0. The zero-order chi connectivity index (χ0) is 27.8. The molecule has 4 aliphatic rings. The van der Waals surface area contributed by atoms with Crippen molar-refractivity contribution >= 4 is 17.5 Å². The maximum atomic E-state index is 15.2. The van der Waals surface area contributed by atoms with Crippen LogP contribution in [-0.4, -0.2) is 24.6 Å². The van der Waals surface area contributed by atoms with Gasteiger partial charge in [-0.25, -0.2) is 4.39 Å². The molecule has 0 radical (unpaired) electrons. The number of allylic oxidation sites excluding steroid dienone is 4. The van der Waals surface area contributed by atoms with Crippen molar-refractivity contribution in [1.29, 1.82) is 0 Å². The Labute approximate surface area is 222 Å². The van der Waals surface area contributed by atoms with Crippen molar-refractivity contribution in [3.8, 4) is 0 Å². The summed E-state index contributed by atoms with van der Waals surface area (Å²) in [6.45, 7) is 16.8. The van der Waals surface area contributed by atoms with Gasteiger partial charge in [-0.05, 0) is 92.6 Å². The second kappa shape index (κ2) is 8.61. The first-order valence-corrected chi connectivity index (χ1v) is 14.2. The molecule has 0 amide bonds. The van der Waals surface area contributed by atoms with E-state index in [2.05, 4.69) is 27.7 Å². The largest absolute Gasteiger partial charge is 0.469 e. The van der Waals surface area contributed by atoms with E-state index in [0.29, 0.717) is 6.42 Å². The van der Waals surface area contributed by atoms with E-state index in [1.54, 1.807) is 0 Å². The highest BCUT2D eigenvalue weighted by Gasteiger charge is 2.65. The standard InChI is InChI=1S/C32H47FO4/c1-27(2)12-10-20-22(34)18-24-30(6)19-21(33)25(35)28(3,4)23(30)11-13-32(24,8)31(20,7)17-16-29(5,15-14-27)26(36)37-9/h18-20,23H,10-17H2,1-9H3/t20?,23-,29-,30-,31+,32+/m0/s1. The van der Waals surface area contributed by atoms with Crippen LogP contribution in [0.2, 0.25) is 0 Å². The molecule has 0 saturated heterocycles. The van der Waals surface area contributed by atoms with Crippen LogP contribution in [-0.2, 0) is 19.1 Å². The fourth-order valence-electron chi connectivity index (χ4n) is 8.88. The summed E-state index contributed by atoms with van der Waals surface area (Å²) in [7, 11) is 1.46. The van der Waals surface area contributed by atoms with E-state index < -0.39 is 33.3 Å². The van der Waals surface area contributed by atoms with Crippen LogP contribution in [0.1, 0.15) is 107 Å². The molecule has 5 heteroatoms. The van der Waals surface area contributed by atoms with Gasteiger partial charge in [0, 0.05) is 16.7 Å². The normalized spacial score (nSPS) is 43.4. The van der Waals surface area contributed by atoms with Crippen molar-refractivity contribution in [2.75, 3.05) is 7.11 Å². The topological polar surface area (TPSA) is 60.4 Å². The van der Waals surface area contributed by atoms with E-state index in [4.69, 9.17) is 4.74 Å². The average Bonchev–Trinajstić information content (AvgIpc) is 2.81. The minimum atomic E-state index is -0.833. The third kappa shape index (κ3) is 4.00. The average molecular weight is 515 g/mol. The molecule has 4 nitrogen and oxygen atoms in total. The lowest BCUT2D eigenvalue weighted by Gasteiger charge is -2.64. The van der Waals surface area contributed by atoms with Crippen molar-refractivity contribution in [3.05, 3.63) is 23.6 Å². The van der Waals surface area contributed by atoms with E-state index >= 15 is 4.39 Å². The summed E-state index contributed by atoms with van der Waals surface area (Å²) >= 11 is 0. The van der Waals surface area contributed by atoms with E-state index in [1.807, 2.05) is 33.8 Å². The second-order valence-corrected chi connectivity index (χ2v) is 14.9. The quantitative estimate of drug-likeness (QED) is 0.339. The number of carbonyl (C=O) groups excluding carboxylic acids is 3. The lowest BCUT2D eigenvalue weighted by atomic mass is 9.38. The summed E-state index contributed by atoms with van der Waals surface area (Å²) in [6.07, 6.45) is 9.74. The number of rotatable bonds is 1. The van der Waals surface area contributed by atoms with Gasteiger partial charge < -0.3 is 4.74 Å². The molecular formula is C32H47FO4. The molecule has 0 heterocycles. The zero-order valence-electron chi connectivity index (χ0n) is 24.5. The maximum absolute atomic E-state index is 15.2. The molecule has 37 heavy (non-hydrogen) atoms. The van der Waals surface area contributed by atoms with E-state index in [9.17, 15) is 14.4 Å². The predicted octanol–water partition coefficient (Wildman–Crippen LogP) is 7.56. The molecule has 1 unspecified atom stereocenters. The minimum absolute atomic E-state index is 0.00195. The van der Waals surface area contributed by atoms with Crippen LogP contribution in [0.3, 0.4) is 0 Å². The highest BCUT2D eigenvalue weighted by molar-refractivity contribution is 6.00. The third-order valence-electron chi connectivity index (χ3n) is 11.9. The number of fused-ring (bicyclic) bond motifs is 5. The molecule has 2 saturated carbocycles. The molecule has 0 aliphatic heterocycles. The van der Waals surface area contributed by atoms with E-state index in [-0.39, 0.29) is 34.4 Å². The van der Waals surface area contributed by atoms with Crippen molar-refractivity contribution in [2.24, 2.45) is 44.3 Å². The van der Waals surface area contributed by atoms with Gasteiger partial charge >= 0.3 is 5.97 Å². The molecule has 0 aromatic heterocycles. The number of esters is 1. The smallest absolute Gasteiger partial charge is 0.311 e. The van der Waals surface area contributed by atoms with E-state index in [1.165, 1.54) is 13.2 Å². The first-order valence-electron chi connectivity index (χ1n) is 14.2. The van der Waals surface area contributed by atoms with Gasteiger partial charge in [-0.1, -0.05) is 54.0 Å². The van der Waals surface area contributed by atoms with Crippen molar-refractivity contribution < 1.29 is 23.5 Å². The Bertz CT molecular complexity index is 1080. The Hall–Kier alpha value is -1.78. The Morgan fingerprint density at radius 1 is 0.892 bits per heavy atom. The van der Waals surface area contributed by atoms with Crippen LogP contribution in [0.15, 0.2) is 23.6 Å². The number of carbonyl (C=O) groups is 3. The fraction of sp³-hybridized carbons (Fsp3) is 0.781. The highest BCUT2D eigenvalue weighted by Crippen LogP contribution is 2.70. The van der Waals surface area contributed by atoms with Crippen LogP contribution >= 0.6 is 0 Å². The maximum Gasteiger partial charge on any atom is 0.311 e. The summed E-state index contributed by atoms with van der Waals surface area (Å²) < 4.78 is 20.5. The molecule has 0 aromatic carbocycles. The molecular weight excluding hydrogens is 467 g/mol.